The van der Waals surface area contributed by atoms with Crippen LogP contribution < -0.4 is 10.1 Å². The van der Waals surface area contributed by atoms with Crippen LogP contribution in [0, 0.1) is 5.82 Å². The van der Waals surface area contributed by atoms with Gasteiger partial charge in [-0.25, -0.2) is 4.39 Å². The van der Waals surface area contributed by atoms with Gasteiger partial charge in [0.2, 0.25) is 5.91 Å². The lowest BCUT2D eigenvalue weighted by Crippen LogP contribution is -2.20. The summed E-state index contributed by atoms with van der Waals surface area (Å²) in [5.74, 6) is 0.180. The van der Waals surface area contributed by atoms with Gasteiger partial charge in [-0.1, -0.05) is 15.9 Å². The van der Waals surface area contributed by atoms with Crippen molar-refractivity contribution in [3.63, 3.8) is 0 Å². The van der Waals surface area contributed by atoms with Crippen LogP contribution in [0.3, 0.4) is 0 Å². The Balaban J connectivity index is 1.83. The van der Waals surface area contributed by atoms with Gasteiger partial charge in [0.1, 0.15) is 18.2 Å². The number of hydrogen-bond donors (Lipinski definition) is 1. The van der Waals surface area contributed by atoms with E-state index in [0.717, 1.165) is 16.2 Å². The molecule has 4 nitrogen and oxygen atoms in total. The number of benzene rings is 1. The van der Waals surface area contributed by atoms with Gasteiger partial charge in [0.25, 0.3) is 0 Å². The third-order valence-electron chi connectivity index (χ3n) is 3.20. The van der Waals surface area contributed by atoms with Crippen molar-refractivity contribution >= 4 is 27.5 Å². The number of carbonyl (C=O) groups excluding carboxylic acids is 1. The Morgan fingerprint density at radius 3 is 2.95 bits per heavy atom. The predicted molar refractivity (Wildman–Crippen MR) is 79.6 cm³/mol. The topological polar surface area (TPSA) is 51.2 Å². The number of fused-ring (bicyclic) bond motifs is 1. The Bertz CT molecular complexity index is 689. The summed E-state index contributed by atoms with van der Waals surface area (Å²) in [6.07, 6.45) is 2.31. The fourth-order valence-electron chi connectivity index (χ4n) is 2.18. The molecule has 1 aromatic heterocycles. The first-order chi connectivity index (χ1) is 10.1. The molecule has 2 aromatic rings. The molecule has 0 unspecified atom stereocenters. The Hall–Kier alpha value is -1.95. The molecular weight excluding hydrogens is 339 g/mol. The first-order valence-corrected chi connectivity index (χ1v) is 7.26. The Morgan fingerprint density at radius 1 is 1.33 bits per heavy atom. The van der Waals surface area contributed by atoms with Crippen molar-refractivity contribution in [2.45, 2.75) is 19.4 Å². The molecule has 21 heavy (non-hydrogen) atoms. The van der Waals surface area contributed by atoms with Crippen molar-refractivity contribution in [1.82, 2.24) is 4.98 Å². The van der Waals surface area contributed by atoms with Crippen LogP contribution in [0.1, 0.15) is 17.7 Å². The van der Waals surface area contributed by atoms with Gasteiger partial charge in [0.15, 0.2) is 0 Å². The standard InChI is InChI=1S/C15H12BrFN2O2/c16-10-5-9-1-4-14(20)19-15(9)13(6-10)21-8-12-3-2-11(17)7-18-12/h2-3,5-7H,1,4,8H2,(H,19,20). The highest BCUT2D eigenvalue weighted by atomic mass is 79.9. The zero-order chi connectivity index (χ0) is 14.8. The number of aryl methyl sites for hydroxylation is 1. The summed E-state index contributed by atoms with van der Waals surface area (Å²) < 4.78 is 19.4. The van der Waals surface area contributed by atoms with E-state index < -0.39 is 0 Å². The van der Waals surface area contributed by atoms with E-state index in [9.17, 15) is 9.18 Å². The summed E-state index contributed by atoms with van der Waals surface area (Å²) in [5, 5.41) is 2.84. The fourth-order valence-corrected chi connectivity index (χ4v) is 2.67. The fraction of sp³-hybridized carbons (Fsp3) is 0.200. The van der Waals surface area contributed by atoms with E-state index in [4.69, 9.17) is 4.74 Å². The van der Waals surface area contributed by atoms with Gasteiger partial charge in [-0.2, -0.15) is 0 Å². The van der Waals surface area contributed by atoms with Gasteiger partial charge in [-0.05, 0) is 36.2 Å². The highest BCUT2D eigenvalue weighted by molar-refractivity contribution is 9.10. The third kappa shape index (κ3) is 3.21. The SMILES string of the molecule is O=C1CCc2cc(Br)cc(OCc3ccc(F)cn3)c2N1. The predicted octanol–water partition coefficient (Wildman–Crippen LogP) is 3.45. The molecule has 6 heteroatoms. The van der Waals surface area contributed by atoms with Crippen LogP contribution in [-0.4, -0.2) is 10.9 Å². The number of aromatic nitrogens is 1. The molecule has 0 bridgehead atoms. The second-order valence-electron chi connectivity index (χ2n) is 4.74. The zero-order valence-electron chi connectivity index (χ0n) is 11.0. The third-order valence-corrected chi connectivity index (χ3v) is 3.66. The largest absolute Gasteiger partial charge is 0.485 e. The first kappa shape index (κ1) is 14.0. The molecule has 0 radical (unpaired) electrons. The molecule has 0 saturated carbocycles. The quantitative estimate of drug-likeness (QED) is 0.922. The van der Waals surface area contributed by atoms with Crippen LogP contribution >= 0.6 is 15.9 Å². The highest BCUT2D eigenvalue weighted by Gasteiger charge is 2.19. The average Bonchev–Trinajstić information content (AvgIpc) is 2.47. The van der Waals surface area contributed by atoms with E-state index in [1.807, 2.05) is 6.07 Å². The number of carbonyl (C=O) groups is 1. The second-order valence-corrected chi connectivity index (χ2v) is 5.66. The maximum atomic E-state index is 12.8. The molecule has 0 saturated heterocycles. The van der Waals surface area contributed by atoms with E-state index in [2.05, 4.69) is 26.2 Å². The van der Waals surface area contributed by atoms with E-state index in [1.54, 1.807) is 12.1 Å². The number of rotatable bonds is 3. The zero-order valence-corrected chi connectivity index (χ0v) is 12.6. The number of hydrogen-bond acceptors (Lipinski definition) is 3. The van der Waals surface area contributed by atoms with Crippen LogP contribution in [0.15, 0.2) is 34.9 Å². The van der Waals surface area contributed by atoms with Crippen molar-refractivity contribution in [2.75, 3.05) is 5.32 Å². The molecule has 0 aliphatic carbocycles. The van der Waals surface area contributed by atoms with Crippen LogP contribution in [-0.2, 0) is 17.8 Å². The summed E-state index contributed by atoms with van der Waals surface area (Å²) in [4.78, 5) is 15.5. The molecule has 1 aromatic carbocycles. The van der Waals surface area contributed by atoms with Crippen LogP contribution in [0.25, 0.3) is 0 Å². The van der Waals surface area contributed by atoms with Crippen molar-refractivity contribution < 1.29 is 13.9 Å². The van der Waals surface area contributed by atoms with Crippen molar-refractivity contribution in [2.24, 2.45) is 0 Å². The molecule has 1 amide bonds. The summed E-state index contributed by atoms with van der Waals surface area (Å²) in [6.45, 7) is 0.207. The summed E-state index contributed by atoms with van der Waals surface area (Å²) in [7, 11) is 0. The summed E-state index contributed by atoms with van der Waals surface area (Å²) >= 11 is 3.43. The second kappa shape index (κ2) is 5.81. The number of anilines is 1. The van der Waals surface area contributed by atoms with Gasteiger partial charge in [0, 0.05) is 10.9 Å². The lowest BCUT2D eigenvalue weighted by Gasteiger charge is -2.20. The van der Waals surface area contributed by atoms with Gasteiger partial charge < -0.3 is 10.1 Å². The minimum Gasteiger partial charge on any atom is -0.485 e. The van der Waals surface area contributed by atoms with Crippen LogP contribution in [0.5, 0.6) is 5.75 Å². The molecule has 1 aliphatic heterocycles. The number of amides is 1. The smallest absolute Gasteiger partial charge is 0.224 e. The monoisotopic (exact) mass is 350 g/mol. The van der Waals surface area contributed by atoms with Gasteiger partial charge in [-0.15, -0.1) is 0 Å². The van der Waals surface area contributed by atoms with E-state index in [0.29, 0.717) is 30.0 Å². The van der Waals surface area contributed by atoms with Crippen molar-refractivity contribution in [3.05, 3.63) is 52.0 Å². The Kier molecular flexibility index (Phi) is 3.88. The van der Waals surface area contributed by atoms with Crippen LogP contribution in [0.4, 0.5) is 10.1 Å². The molecule has 2 heterocycles. The number of pyridine rings is 1. The number of halogens is 2. The molecular formula is C15H12BrFN2O2. The Morgan fingerprint density at radius 2 is 2.19 bits per heavy atom. The van der Waals surface area contributed by atoms with E-state index >= 15 is 0 Å². The lowest BCUT2D eigenvalue weighted by molar-refractivity contribution is -0.116. The van der Waals surface area contributed by atoms with Gasteiger partial charge >= 0.3 is 0 Å². The number of ether oxygens (including phenoxy) is 1. The number of nitrogens with one attached hydrogen (secondary N) is 1. The summed E-state index contributed by atoms with van der Waals surface area (Å²) in [6, 6.07) is 6.67. The van der Waals surface area contributed by atoms with Crippen molar-refractivity contribution in [3.8, 4) is 5.75 Å². The number of nitrogens with zero attached hydrogens (tertiary/aromatic N) is 1. The molecule has 0 atom stereocenters. The maximum Gasteiger partial charge on any atom is 0.224 e. The van der Waals surface area contributed by atoms with Crippen LogP contribution in [0.2, 0.25) is 0 Å². The molecule has 3 rings (SSSR count). The Labute approximate surface area is 129 Å². The molecule has 108 valence electrons. The minimum absolute atomic E-state index is 0.0189. The average molecular weight is 351 g/mol. The first-order valence-electron chi connectivity index (χ1n) is 6.47. The van der Waals surface area contributed by atoms with E-state index in [1.165, 1.54) is 6.07 Å². The van der Waals surface area contributed by atoms with E-state index in [-0.39, 0.29) is 18.3 Å². The molecule has 0 spiro atoms. The highest BCUT2D eigenvalue weighted by Crippen LogP contribution is 2.36. The summed E-state index contributed by atoms with van der Waals surface area (Å²) in [5.41, 5.74) is 2.36. The maximum absolute atomic E-state index is 12.8. The van der Waals surface area contributed by atoms with Crippen molar-refractivity contribution in [1.29, 1.82) is 0 Å². The lowest BCUT2D eigenvalue weighted by atomic mass is 10.0. The molecule has 0 fully saturated rings. The minimum atomic E-state index is -0.383. The van der Waals surface area contributed by atoms with Gasteiger partial charge in [-0.3, -0.25) is 9.78 Å². The molecule has 1 N–H and O–H groups in total. The normalized spacial score (nSPS) is 13.5. The molecule has 1 aliphatic rings. The van der Waals surface area contributed by atoms with Gasteiger partial charge in [0.05, 0.1) is 17.6 Å².